The zero-order valence-corrected chi connectivity index (χ0v) is 15.2. The van der Waals surface area contributed by atoms with Crippen LogP contribution in [0.5, 0.6) is 0 Å². The van der Waals surface area contributed by atoms with Crippen LogP contribution in [0.3, 0.4) is 0 Å². The largest absolute Gasteiger partial charge is 0.368 e. The Morgan fingerprint density at radius 3 is 2.63 bits per heavy atom. The van der Waals surface area contributed by atoms with Crippen LogP contribution in [0.1, 0.15) is 38.2 Å². The quantitative estimate of drug-likeness (QED) is 0.645. The van der Waals surface area contributed by atoms with Crippen molar-refractivity contribution in [2.24, 2.45) is 11.7 Å². The third kappa shape index (κ3) is 6.16. The van der Waals surface area contributed by atoms with Gasteiger partial charge in [0.1, 0.15) is 23.7 Å². The monoisotopic (exact) mass is 377 g/mol. The number of carbonyl (C=O) groups excluding carboxylic acids is 4. The average molecular weight is 377 g/mol. The van der Waals surface area contributed by atoms with Crippen molar-refractivity contribution in [3.63, 3.8) is 0 Å². The van der Waals surface area contributed by atoms with E-state index in [1.807, 2.05) is 0 Å². The van der Waals surface area contributed by atoms with Crippen molar-refractivity contribution in [2.75, 3.05) is 0 Å². The lowest BCUT2D eigenvalue weighted by Gasteiger charge is -2.29. The summed E-state index contributed by atoms with van der Waals surface area (Å²) in [6.07, 6.45) is 1.95. The predicted octanol–water partition coefficient (Wildman–Crippen LogP) is 0.602. The Labute approximate surface area is 156 Å². The molecular weight excluding hydrogens is 353 g/mol. The molecule has 3 atom stereocenters. The maximum absolute atomic E-state index is 13.4. The summed E-state index contributed by atoms with van der Waals surface area (Å²) in [5.74, 6) is -2.54. The fourth-order valence-electron chi connectivity index (χ4n) is 3.37. The molecule has 1 aromatic rings. The Hall–Kier alpha value is -2.77. The highest BCUT2D eigenvalue weighted by Crippen LogP contribution is 2.24. The van der Waals surface area contributed by atoms with Crippen LogP contribution in [-0.2, 0) is 25.6 Å². The molecule has 0 aliphatic heterocycles. The summed E-state index contributed by atoms with van der Waals surface area (Å²) >= 11 is 0. The Bertz CT molecular complexity index is 737. The lowest BCUT2D eigenvalue weighted by atomic mass is 9.82. The van der Waals surface area contributed by atoms with Crippen LogP contribution >= 0.6 is 0 Å². The van der Waals surface area contributed by atoms with Gasteiger partial charge in [0.15, 0.2) is 0 Å². The number of nitrogens with one attached hydrogen (secondary N) is 2. The number of carbonyl (C=O) groups is 4. The second-order valence-electron chi connectivity index (χ2n) is 6.87. The molecular formula is C19H24FN3O4. The third-order valence-electron chi connectivity index (χ3n) is 4.62. The molecule has 0 unspecified atom stereocenters. The minimum absolute atomic E-state index is 0.0323. The first-order valence-electron chi connectivity index (χ1n) is 8.89. The number of primary amides is 1. The molecule has 1 aliphatic rings. The first kappa shape index (κ1) is 20.5. The molecule has 0 saturated heterocycles. The Morgan fingerprint density at radius 1 is 1.30 bits per heavy atom. The lowest BCUT2D eigenvalue weighted by Crippen LogP contribution is -2.56. The van der Waals surface area contributed by atoms with Crippen LogP contribution in [0.2, 0.25) is 0 Å². The number of nitrogens with two attached hydrogens (primary N) is 1. The standard InChI is InChI=1S/C19H24FN3O4/c1-11(24)22-16(9-12-4-2-6-14(20)8-12)19(27)23-17(18(21)26)13-5-3-7-15(25)10-13/h2,4,6,8,13,16-17H,3,5,7,9-10H2,1H3,(H2,21,26)(H,22,24)(H,23,27)/t13-,16+,17-/m0/s1. The zero-order valence-electron chi connectivity index (χ0n) is 15.2. The van der Waals surface area contributed by atoms with Crippen LogP contribution in [-0.4, -0.2) is 35.6 Å². The van der Waals surface area contributed by atoms with Crippen molar-refractivity contribution in [3.05, 3.63) is 35.6 Å². The van der Waals surface area contributed by atoms with Gasteiger partial charge in [-0.3, -0.25) is 19.2 Å². The molecule has 0 heterocycles. The molecule has 1 fully saturated rings. The molecule has 27 heavy (non-hydrogen) atoms. The van der Waals surface area contributed by atoms with Crippen molar-refractivity contribution in [1.82, 2.24) is 10.6 Å². The fourth-order valence-corrected chi connectivity index (χ4v) is 3.37. The highest BCUT2D eigenvalue weighted by atomic mass is 19.1. The van der Waals surface area contributed by atoms with Crippen molar-refractivity contribution < 1.29 is 23.6 Å². The normalized spacial score (nSPS) is 19.0. The summed E-state index contributed by atoms with van der Waals surface area (Å²) in [5.41, 5.74) is 5.95. The number of rotatable bonds is 7. The Morgan fingerprint density at radius 2 is 2.04 bits per heavy atom. The minimum Gasteiger partial charge on any atom is -0.368 e. The van der Waals surface area contributed by atoms with Gasteiger partial charge in [0.2, 0.25) is 17.7 Å². The maximum Gasteiger partial charge on any atom is 0.243 e. The van der Waals surface area contributed by atoms with Gasteiger partial charge in [-0.05, 0) is 36.5 Å². The van der Waals surface area contributed by atoms with Crippen LogP contribution in [0.25, 0.3) is 0 Å². The van der Waals surface area contributed by atoms with Gasteiger partial charge >= 0.3 is 0 Å². The van der Waals surface area contributed by atoms with Crippen LogP contribution in [0.4, 0.5) is 4.39 Å². The van der Waals surface area contributed by atoms with Gasteiger partial charge in [-0.2, -0.15) is 0 Å². The lowest BCUT2D eigenvalue weighted by molar-refractivity contribution is -0.132. The Kier molecular flexibility index (Phi) is 7.04. The molecule has 146 valence electrons. The molecule has 8 heteroatoms. The summed E-state index contributed by atoms with van der Waals surface area (Å²) in [7, 11) is 0. The highest BCUT2D eigenvalue weighted by molar-refractivity contribution is 5.92. The predicted molar refractivity (Wildman–Crippen MR) is 95.8 cm³/mol. The molecule has 4 N–H and O–H groups in total. The second kappa shape index (κ2) is 9.25. The highest BCUT2D eigenvalue weighted by Gasteiger charge is 2.33. The van der Waals surface area contributed by atoms with E-state index >= 15 is 0 Å². The minimum atomic E-state index is -0.995. The van der Waals surface area contributed by atoms with E-state index in [2.05, 4.69) is 10.6 Å². The van der Waals surface area contributed by atoms with E-state index < -0.39 is 35.6 Å². The molecule has 1 aromatic carbocycles. The van der Waals surface area contributed by atoms with Crippen molar-refractivity contribution in [3.8, 4) is 0 Å². The molecule has 0 radical (unpaired) electrons. The van der Waals surface area contributed by atoms with Gasteiger partial charge < -0.3 is 16.4 Å². The molecule has 0 bridgehead atoms. The summed E-state index contributed by atoms with van der Waals surface area (Å²) in [6.45, 7) is 1.26. The smallest absolute Gasteiger partial charge is 0.243 e. The molecule has 0 aromatic heterocycles. The molecule has 2 rings (SSSR count). The number of benzene rings is 1. The van der Waals surface area contributed by atoms with E-state index in [0.29, 0.717) is 24.8 Å². The average Bonchev–Trinajstić information content (AvgIpc) is 2.58. The summed E-state index contributed by atoms with van der Waals surface area (Å²) in [6, 6.07) is 3.70. The van der Waals surface area contributed by atoms with Crippen LogP contribution in [0.15, 0.2) is 24.3 Å². The van der Waals surface area contributed by atoms with Crippen LogP contribution < -0.4 is 16.4 Å². The molecule has 0 spiro atoms. The molecule has 7 nitrogen and oxygen atoms in total. The van der Waals surface area contributed by atoms with Crippen molar-refractivity contribution >= 4 is 23.5 Å². The first-order valence-corrected chi connectivity index (χ1v) is 8.89. The van der Waals surface area contributed by atoms with Crippen molar-refractivity contribution in [2.45, 2.75) is 51.1 Å². The van der Waals surface area contributed by atoms with E-state index in [4.69, 9.17) is 5.73 Å². The van der Waals surface area contributed by atoms with E-state index in [1.165, 1.54) is 25.1 Å². The fraction of sp³-hybridized carbons (Fsp3) is 0.474. The number of halogens is 1. The molecule has 1 saturated carbocycles. The second-order valence-corrected chi connectivity index (χ2v) is 6.87. The van der Waals surface area contributed by atoms with Gasteiger partial charge in [0, 0.05) is 26.2 Å². The van der Waals surface area contributed by atoms with Gasteiger partial charge in [0.25, 0.3) is 0 Å². The summed E-state index contributed by atoms with van der Waals surface area (Å²) < 4.78 is 13.4. The maximum atomic E-state index is 13.4. The molecule has 3 amide bonds. The number of amides is 3. The van der Waals surface area contributed by atoms with Gasteiger partial charge in [-0.1, -0.05) is 12.1 Å². The topological polar surface area (TPSA) is 118 Å². The van der Waals surface area contributed by atoms with Gasteiger partial charge in [-0.15, -0.1) is 0 Å². The SMILES string of the molecule is CC(=O)N[C@H](Cc1cccc(F)c1)C(=O)N[C@H](C(N)=O)[C@H]1CCCC(=O)C1. The summed E-state index contributed by atoms with van der Waals surface area (Å²) in [4.78, 5) is 47.7. The molecule has 1 aliphatic carbocycles. The number of ketones is 1. The van der Waals surface area contributed by atoms with E-state index in [1.54, 1.807) is 6.07 Å². The third-order valence-corrected chi connectivity index (χ3v) is 4.62. The number of Topliss-reactive ketones (excluding diaryl/α,β-unsaturated/α-hetero) is 1. The van der Waals surface area contributed by atoms with Gasteiger partial charge in [0.05, 0.1) is 0 Å². The van der Waals surface area contributed by atoms with E-state index in [9.17, 15) is 23.6 Å². The zero-order chi connectivity index (χ0) is 20.0. The van der Waals surface area contributed by atoms with Crippen molar-refractivity contribution in [1.29, 1.82) is 0 Å². The Balaban J connectivity index is 2.13. The number of hydrogen-bond donors (Lipinski definition) is 3. The van der Waals surface area contributed by atoms with E-state index in [0.717, 1.165) is 0 Å². The van der Waals surface area contributed by atoms with Crippen LogP contribution in [0, 0.1) is 11.7 Å². The van der Waals surface area contributed by atoms with E-state index in [-0.39, 0.29) is 24.5 Å². The summed E-state index contributed by atoms with van der Waals surface area (Å²) in [5, 5.41) is 5.08. The first-order chi connectivity index (χ1) is 12.8. The van der Waals surface area contributed by atoms with Gasteiger partial charge in [-0.25, -0.2) is 4.39 Å². The number of hydrogen-bond acceptors (Lipinski definition) is 4.